The Morgan fingerprint density at radius 3 is 1.97 bits per heavy atom. The molecule has 1 heterocycles. The van der Waals surface area contributed by atoms with E-state index < -0.39 is 0 Å². The minimum absolute atomic E-state index is 0.628. The van der Waals surface area contributed by atoms with Gasteiger partial charge in [-0.25, -0.2) is 0 Å². The summed E-state index contributed by atoms with van der Waals surface area (Å²) >= 11 is 0. The van der Waals surface area contributed by atoms with Gasteiger partial charge in [-0.15, -0.1) is 10.2 Å². The highest BCUT2D eigenvalue weighted by molar-refractivity contribution is 5.59. The van der Waals surface area contributed by atoms with Gasteiger partial charge in [0, 0.05) is 11.6 Å². The maximum absolute atomic E-state index is 5.72. The molecule has 34 heavy (non-hydrogen) atoms. The van der Waals surface area contributed by atoms with Crippen molar-refractivity contribution in [2.75, 3.05) is 6.61 Å². The van der Waals surface area contributed by atoms with Gasteiger partial charge in [-0.1, -0.05) is 122 Å². The highest BCUT2D eigenvalue weighted by Crippen LogP contribution is 2.34. The standard InChI is InChI=1S/C31H48N2O/c1-3-5-7-9-10-12-26-13-15-27(16-14-26)17-18-28-19-21-29(22-20-28)30-23-24-31(33-32-30)34-25-11-8-6-4-2/h19-24,26-27H,3-18,25H2,1-2H3. The average molecular weight is 465 g/mol. The first-order valence-electron chi connectivity index (χ1n) is 14.3. The van der Waals surface area contributed by atoms with Gasteiger partial charge in [-0.2, -0.15) is 0 Å². The number of unbranched alkanes of at least 4 members (excludes halogenated alkanes) is 7. The molecule has 1 aromatic carbocycles. The summed E-state index contributed by atoms with van der Waals surface area (Å²) in [6.07, 6.45) is 21.8. The molecule has 0 radical (unpaired) electrons. The van der Waals surface area contributed by atoms with Gasteiger partial charge < -0.3 is 4.74 Å². The van der Waals surface area contributed by atoms with E-state index in [1.54, 1.807) is 0 Å². The molecule has 0 bridgehead atoms. The quantitative estimate of drug-likeness (QED) is 0.232. The highest BCUT2D eigenvalue weighted by atomic mass is 16.5. The number of ether oxygens (including phenoxy) is 1. The zero-order chi connectivity index (χ0) is 23.8. The van der Waals surface area contributed by atoms with Crippen LogP contribution in [0, 0.1) is 11.8 Å². The molecule has 188 valence electrons. The fourth-order valence-electron chi connectivity index (χ4n) is 5.31. The van der Waals surface area contributed by atoms with Crippen molar-refractivity contribution in [1.82, 2.24) is 10.2 Å². The molecule has 1 fully saturated rings. The summed E-state index contributed by atoms with van der Waals surface area (Å²) in [4.78, 5) is 0. The predicted molar refractivity (Wildman–Crippen MR) is 144 cm³/mol. The van der Waals surface area contributed by atoms with Gasteiger partial charge in [-0.05, 0) is 42.7 Å². The topological polar surface area (TPSA) is 35.0 Å². The molecular formula is C31H48N2O. The number of aromatic nitrogens is 2. The lowest BCUT2D eigenvalue weighted by Gasteiger charge is -2.28. The summed E-state index contributed by atoms with van der Waals surface area (Å²) in [6, 6.07) is 12.9. The van der Waals surface area contributed by atoms with E-state index in [-0.39, 0.29) is 0 Å². The van der Waals surface area contributed by atoms with Crippen molar-refractivity contribution in [3.8, 4) is 17.1 Å². The molecule has 1 aliphatic rings. The van der Waals surface area contributed by atoms with E-state index in [4.69, 9.17) is 4.74 Å². The molecule has 0 N–H and O–H groups in total. The largest absolute Gasteiger partial charge is 0.477 e. The molecule has 0 amide bonds. The molecule has 0 aliphatic heterocycles. The summed E-state index contributed by atoms with van der Waals surface area (Å²) in [5.74, 6) is 2.57. The summed E-state index contributed by atoms with van der Waals surface area (Å²) in [6.45, 7) is 5.25. The van der Waals surface area contributed by atoms with E-state index in [1.807, 2.05) is 12.1 Å². The SMILES string of the molecule is CCCCCCCC1CCC(CCc2ccc(-c3ccc(OCCCCCC)nn3)cc2)CC1. The van der Waals surface area contributed by atoms with Crippen LogP contribution in [0.2, 0.25) is 0 Å². The highest BCUT2D eigenvalue weighted by Gasteiger charge is 2.20. The first-order valence-corrected chi connectivity index (χ1v) is 14.3. The van der Waals surface area contributed by atoms with Crippen LogP contribution in [0.25, 0.3) is 11.3 Å². The number of benzene rings is 1. The molecule has 1 aromatic heterocycles. The third kappa shape index (κ3) is 9.76. The van der Waals surface area contributed by atoms with Crippen LogP contribution in [0.3, 0.4) is 0 Å². The number of rotatable bonds is 16. The lowest BCUT2D eigenvalue weighted by atomic mass is 9.77. The Balaban J connectivity index is 1.33. The molecule has 3 heteroatoms. The minimum Gasteiger partial charge on any atom is -0.477 e. The van der Waals surface area contributed by atoms with E-state index in [0.717, 1.165) is 36.1 Å². The Hall–Kier alpha value is -1.90. The Bertz CT molecular complexity index is 763. The van der Waals surface area contributed by atoms with Crippen LogP contribution in [0.15, 0.2) is 36.4 Å². The number of nitrogens with zero attached hydrogens (tertiary/aromatic N) is 2. The van der Waals surface area contributed by atoms with Gasteiger partial charge in [0.1, 0.15) is 0 Å². The molecule has 3 rings (SSSR count). The smallest absolute Gasteiger partial charge is 0.233 e. The van der Waals surface area contributed by atoms with Crippen LogP contribution < -0.4 is 4.74 Å². The maximum Gasteiger partial charge on any atom is 0.233 e. The lowest BCUT2D eigenvalue weighted by Crippen LogP contribution is -2.15. The zero-order valence-electron chi connectivity index (χ0n) is 21.9. The van der Waals surface area contributed by atoms with Crippen LogP contribution in [-0.2, 0) is 6.42 Å². The van der Waals surface area contributed by atoms with Crippen LogP contribution in [-0.4, -0.2) is 16.8 Å². The molecule has 2 aromatic rings. The summed E-state index contributed by atoms with van der Waals surface area (Å²) in [7, 11) is 0. The third-order valence-electron chi connectivity index (χ3n) is 7.66. The molecular weight excluding hydrogens is 416 g/mol. The van der Waals surface area contributed by atoms with Gasteiger partial charge in [0.25, 0.3) is 0 Å². The van der Waals surface area contributed by atoms with Crippen molar-refractivity contribution in [3.63, 3.8) is 0 Å². The Morgan fingerprint density at radius 2 is 1.32 bits per heavy atom. The van der Waals surface area contributed by atoms with Crippen LogP contribution in [0.4, 0.5) is 0 Å². The molecule has 3 nitrogen and oxygen atoms in total. The second kappa shape index (κ2) is 15.9. The van der Waals surface area contributed by atoms with Crippen LogP contribution in [0.5, 0.6) is 5.88 Å². The predicted octanol–water partition coefficient (Wildman–Crippen LogP) is 9.20. The van der Waals surface area contributed by atoms with Crippen LogP contribution in [0.1, 0.15) is 116 Å². The first kappa shape index (κ1) is 26.7. The van der Waals surface area contributed by atoms with Gasteiger partial charge in [0.15, 0.2) is 0 Å². The Morgan fingerprint density at radius 1 is 0.676 bits per heavy atom. The Labute approximate surface area is 209 Å². The monoisotopic (exact) mass is 464 g/mol. The fraction of sp³-hybridized carbons (Fsp3) is 0.677. The number of aryl methyl sites for hydroxylation is 1. The second-order valence-corrected chi connectivity index (χ2v) is 10.5. The normalized spacial score (nSPS) is 18.2. The molecule has 0 unspecified atom stereocenters. The molecule has 1 aliphatic carbocycles. The lowest BCUT2D eigenvalue weighted by molar-refractivity contribution is 0.248. The van der Waals surface area contributed by atoms with Crippen LogP contribution >= 0.6 is 0 Å². The van der Waals surface area contributed by atoms with Crippen molar-refractivity contribution in [1.29, 1.82) is 0 Å². The number of hydrogen-bond donors (Lipinski definition) is 0. The maximum atomic E-state index is 5.72. The first-order chi connectivity index (χ1) is 16.8. The van der Waals surface area contributed by atoms with Gasteiger partial charge >= 0.3 is 0 Å². The van der Waals surface area contributed by atoms with E-state index >= 15 is 0 Å². The summed E-state index contributed by atoms with van der Waals surface area (Å²) in [5, 5.41) is 8.64. The van der Waals surface area contributed by atoms with Crippen molar-refractivity contribution >= 4 is 0 Å². The van der Waals surface area contributed by atoms with E-state index in [0.29, 0.717) is 5.88 Å². The van der Waals surface area contributed by atoms with Gasteiger partial charge in [0.05, 0.1) is 12.3 Å². The summed E-state index contributed by atoms with van der Waals surface area (Å²) in [5.41, 5.74) is 3.49. The van der Waals surface area contributed by atoms with Crippen molar-refractivity contribution in [2.24, 2.45) is 11.8 Å². The average Bonchev–Trinajstić information content (AvgIpc) is 2.89. The minimum atomic E-state index is 0.628. The van der Waals surface area contributed by atoms with E-state index in [9.17, 15) is 0 Å². The van der Waals surface area contributed by atoms with Gasteiger partial charge in [0.2, 0.25) is 5.88 Å². The van der Waals surface area contributed by atoms with Crippen molar-refractivity contribution in [3.05, 3.63) is 42.0 Å². The molecule has 0 saturated heterocycles. The number of hydrogen-bond acceptors (Lipinski definition) is 3. The molecule has 0 spiro atoms. The second-order valence-electron chi connectivity index (χ2n) is 10.5. The summed E-state index contributed by atoms with van der Waals surface area (Å²) < 4.78 is 5.72. The fourth-order valence-corrected chi connectivity index (χ4v) is 5.31. The van der Waals surface area contributed by atoms with Crippen molar-refractivity contribution < 1.29 is 4.74 Å². The van der Waals surface area contributed by atoms with E-state index in [1.165, 1.54) is 102 Å². The molecule has 1 saturated carbocycles. The Kier molecular flexibility index (Phi) is 12.5. The zero-order valence-corrected chi connectivity index (χ0v) is 21.9. The third-order valence-corrected chi connectivity index (χ3v) is 7.66. The van der Waals surface area contributed by atoms with E-state index in [2.05, 4.69) is 48.3 Å². The van der Waals surface area contributed by atoms with Crippen molar-refractivity contribution in [2.45, 2.75) is 117 Å². The van der Waals surface area contributed by atoms with Gasteiger partial charge in [-0.3, -0.25) is 0 Å². The molecule has 0 atom stereocenters.